The van der Waals surface area contributed by atoms with Crippen LogP contribution in [0.4, 0.5) is 0 Å². The minimum Gasteiger partial charge on any atom is -0.489 e. The Morgan fingerprint density at radius 2 is 1.95 bits per heavy atom. The molecule has 20 heavy (non-hydrogen) atoms. The summed E-state index contributed by atoms with van der Waals surface area (Å²) >= 11 is 0. The van der Waals surface area contributed by atoms with E-state index in [1.54, 1.807) is 0 Å². The summed E-state index contributed by atoms with van der Waals surface area (Å²) < 4.78 is 5.95. The largest absolute Gasteiger partial charge is 0.489 e. The van der Waals surface area contributed by atoms with Crippen LogP contribution >= 0.6 is 0 Å². The third-order valence-corrected chi connectivity index (χ3v) is 3.68. The van der Waals surface area contributed by atoms with Crippen LogP contribution in [0.2, 0.25) is 0 Å². The average Bonchev–Trinajstić information content (AvgIpc) is 2.46. The Bertz CT molecular complexity index is 583. The molecule has 0 radical (unpaired) electrons. The lowest BCUT2D eigenvalue weighted by atomic mass is 9.97. The summed E-state index contributed by atoms with van der Waals surface area (Å²) in [6, 6.07) is 16.0. The third kappa shape index (κ3) is 2.69. The quantitative estimate of drug-likeness (QED) is 0.930. The van der Waals surface area contributed by atoms with Crippen LogP contribution in [0.25, 0.3) is 0 Å². The second-order valence-corrected chi connectivity index (χ2v) is 5.31. The molecule has 104 valence electrons. The van der Waals surface area contributed by atoms with E-state index in [9.17, 15) is 5.11 Å². The third-order valence-electron chi connectivity index (χ3n) is 3.68. The van der Waals surface area contributed by atoms with Crippen LogP contribution in [-0.4, -0.2) is 23.6 Å². The summed E-state index contributed by atoms with van der Waals surface area (Å²) in [4.78, 5) is 2.11. The van der Waals surface area contributed by atoms with E-state index in [1.165, 1.54) is 0 Å². The highest BCUT2D eigenvalue weighted by Gasteiger charge is 2.23. The molecule has 0 saturated carbocycles. The normalized spacial score (nSPS) is 18.6. The smallest absolute Gasteiger partial charge is 0.124 e. The minimum atomic E-state index is -0.427. The van der Waals surface area contributed by atoms with Gasteiger partial charge in [-0.15, -0.1) is 0 Å². The van der Waals surface area contributed by atoms with Crippen molar-refractivity contribution in [1.82, 2.24) is 4.90 Å². The second kappa shape index (κ2) is 5.65. The first-order chi connectivity index (χ1) is 9.74. The molecule has 0 saturated heterocycles. The Kier molecular flexibility index (Phi) is 3.72. The van der Waals surface area contributed by atoms with Crippen molar-refractivity contribution in [3.63, 3.8) is 0 Å². The zero-order valence-electron chi connectivity index (χ0n) is 11.6. The number of benzene rings is 2. The van der Waals surface area contributed by atoms with Crippen molar-refractivity contribution in [2.24, 2.45) is 0 Å². The van der Waals surface area contributed by atoms with Gasteiger partial charge in [0.1, 0.15) is 12.4 Å². The lowest BCUT2D eigenvalue weighted by Crippen LogP contribution is -2.30. The Morgan fingerprint density at radius 3 is 2.75 bits per heavy atom. The van der Waals surface area contributed by atoms with Gasteiger partial charge in [-0.1, -0.05) is 42.5 Å². The van der Waals surface area contributed by atoms with Gasteiger partial charge in [-0.2, -0.15) is 0 Å². The first-order valence-corrected chi connectivity index (χ1v) is 6.89. The molecule has 2 aromatic carbocycles. The molecule has 1 aliphatic rings. The zero-order chi connectivity index (χ0) is 13.9. The number of hydrogen-bond donors (Lipinski definition) is 1. The Morgan fingerprint density at radius 1 is 1.15 bits per heavy atom. The maximum absolute atomic E-state index is 10.1. The van der Waals surface area contributed by atoms with Crippen molar-refractivity contribution in [3.05, 3.63) is 65.2 Å². The standard InChI is InChI=1S/C17H19NO2/c1-18-10-15-14(16(19)11-18)8-5-9-17(15)20-12-13-6-3-2-4-7-13/h2-9,16,19H,10-12H2,1H3/t16-/m0/s1. The first kappa shape index (κ1) is 13.2. The van der Waals surface area contributed by atoms with Crippen molar-refractivity contribution in [2.45, 2.75) is 19.3 Å². The first-order valence-electron chi connectivity index (χ1n) is 6.89. The summed E-state index contributed by atoms with van der Waals surface area (Å²) in [7, 11) is 2.01. The maximum atomic E-state index is 10.1. The van der Waals surface area contributed by atoms with Gasteiger partial charge in [-0.3, -0.25) is 4.90 Å². The average molecular weight is 269 g/mol. The molecule has 0 aliphatic carbocycles. The molecule has 1 aliphatic heterocycles. The molecule has 3 heteroatoms. The number of ether oxygens (including phenoxy) is 1. The predicted octanol–water partition coefficient (Wildman–Crippen LogP) is 2.74. The fourth-order valence-corrected chi connectivity index (χ4v) is 2.66. The number of hydrogen-bond acceptors (Lipinski definition) is 3. The lowest BCUT2D eigenvalue weighted by Gasteiger charge is -2.30. The van der Waals surface area contributed by atoms with Crippen molar-refractivity contribution in [3.8, 4) is 5.75 Å². The van der Waals surface area contributed by atoms with Gasteiger partial charge in [0, 0.05) is 18.7 Å². The van der Waals surface area contributed by atoms with Crippen molar-refractivity contribution in [1.29, 1.82) is 0 Å². The van der Waals surface area contributed by atoms with Gasteiger partial charge in [-0.25, -0.2) is 0 Å². The van der Waals surface area contributed by atoms with Gasteiger partial charge in [0.2, 0.25) is 0 Å². The van der Waals surface area contributed by atoms with Crippen LogP contribution in [0.3, 0.4) is 0 Å². The van der Waals surface area contributed by atoms with Gasteiger partial charge >= 0.3 is 0 Å². The number of nitrogens with zero attached hydrogens (tertiary/aromatic N) is 1. The van der Waals surface area contributed by atoms with Crippen LogP contribution in [0, 0.1) is 0 Å². The van der Waals surface area contributed by atoms with Crippen LogP contribution in [0.1, 0.15) is 22.8 Å². The number of fused-ring (bicyclic) bond motifs is 1. The highest BCUT2D eigenvalue weighted by atomic mass is 16.5. The van der Waals surface area contributed by atoms with Gasteiger partial charge in [-0.05, 0) is 24.2 Å². The van der Waals surface area contributed by atoms with Crippen LogP contribution in [-0.2, 0) is 13.2 Å². The van der Waals surface area contributed by atoms with E-state index >= 15 is 0 Å². The lowest BCUT2D eigenvalue weighted by molar-refractivity contribution is 0.106. The summed E-state index contributed by atoms with van der Waals surface area (Å²) in [5.74, 6) is 0.872. The summed E-state index contributed by atoms with van der Waals surface area (Å²) in [5.41, 5.74) is 3.24. The minimum absolute atomic E-state index is 0.427. The molecule has 2 aromatic rings. The van der Waals surface area contributed by atoms with Gasteiger partial charge in [0.15, 0.2) is 0 Å². The Balaban J connectivity index is 1.82. The summed E-state index contributed by atoms with van der Waals surface area (Å²) in [6.07, 6.45) is -0.427. The molecule has 0 bridgehead atoms. The molecule has 1 N–H and O–H groups in total. The van der Waals surface area contributed by atoms with Crippen molar-refractivity contribution < 1.29 is 9.84 Å². The predicted molar refractivity (Wildman–Crippen MR) is 78.5 cm³/mol. The van der Waals surface area contributed by atoms with E-state index in [0.717, 1.165) is 29.0 Å². The molecule has 0 amide bonds. The molecule has 3 nitrogen and oxygen atoms in total. The highest BCUT2D eigenvalue weighted by molar-refractivity contribution is 5.43. The topological polar surface area (TPSA) is 32.7 Å². The molecule has 3 rings (SSSR count). The fraction of sp³-hybridized carbons (Fsp3) is 0.294. The Labute approximate surface area is 119 Å². The van der Waals surface area contributed by atoms with Gasteiger partial charge < -0.3 is 9.84 Å². The fourth-order valence-electron chi connectivity index (χ4n) is 2.66. The van der Waals surface area contributed by atoms with Crippen molar-refractivity contribution in [2.75, 3.05) is 13.6 Å². The number of rotatable bonds is 3. The molecule has 0 unspecified atom stereocenters. The Hall–Kier alpha value is -1.84. The SMILES string of the molecule is CN1Cc2c(OCc3ccccc3)cccc2[C@@H](O)C1. The molecule has 0 fully saturated rings. The van der Waals surface area contributed by atoms with E-state index in [0.29, 0.717) is 13.2 Å². The summed E-state index contributed by atoms with van der Waals surface area (Å²) in [5, 5.41) is 10.1. The van der Waals surface area contributed by atoms with Gasteiger partial charge in [0.25, 0.3) is 0 Å². The molecule has 1 atom stereocenters. The second-order valence-electron chi connectivity index (χ2n) is 5.31. The van der Waals surface area contributed by atoms with E-state index < -0.39 is 6.10 Å². The summed E-state index contributed by atoms with van der Waals surface area (Å²) in [6.45, 7) is 2.05. The van der Waals surface area contributed by atoms with Crippen LogP contribution < -0.4 is 4.74 Å². The van der Waals surface area contributed by atoms with Gasteiger partial charge in [0.05, 0.1) is 6.10 Å². The van der Waals surface area contributed by atoms with E-state index in [1.807, 2.05) is 43.4 Å². The number of aliphatic hydroxyl groups is 1. The molecule has 0 spiro atoms. The number of likely N-dealkylation sites (N-methyl/N-ethyl adjacent to an activating group) is 1. The molecular formula is C17H19NO2. The van der Waals surface area contributed by atoms with Crippen molar-refractivity contribution >= 4 is 0 Å². The number of aliphatic hydroxyl groups excluding tert-OH is 1. The monoisotopic (exact) mass is 269 g/mol. The van der Waals surface area contributed by atoms with E-state index in [2.05, 4.69) is 17.0 Å². The molecule has 0 aromatic heterocycles. The van der Waals surface area contributed by atoms with E-state index in [-0.39, 0.29) is 0 Å². The molecule has 1 heterocycles. The van der Waals surface area contributed by atoms with Crippen LogP contribution in [0.5, 0.6) is 5.75 Å². The highest BCUT2D eigenvalue weighted by Crippen LogP contribution is 2.32. The van der Waals surface area contributed by atoms with Crippen LogP contribution in [0.15, 0.2) is 48.5 Å². The van der Waals surface area contributed by atoms with E-state index in [4.69, 9.17) is 4.74 Å². The molecular weight excluding hydrogens is 250 g/mol. The maximum Gasteiger partial charge on any atom is 0.124 e. The zero-order valence-corrected chi connectivity index (χ0v) is 11.6. The number of β-amino-alcohol motifs (C(OH)–C–C–N with tert-alkyl or cyclic N) is 1.